The fourth-order valence-corrected chi connectivity index (χ4v) is 4.65. The van der Waals surface area contributed by atoms with Crippen LogP contribution in [0.1, 0.15) is 24.8 Å². The molecule has 8 heteroatoms. The molecule has 3 aliphatic rings. The van der Waals surface area contributed by atoms with Crippen molar-refractivity contribution in [1.29, 1.82) is 0 Å². The van der Waals surface area contributed by atoms with Crippen LogP contribution in [0.25, 0.3) is 11.1 Å². The predicted molar refractivity (Wildman–Crippen MR) is 113 cm³/mol. The van der Waals surface area contributed by atoms with Gasteiger partial charge in [0, 0.05) is 31.6 Å². The third kappa shape index (κ3) is 3.40. The second kappa shape index (κ2) is 7.69. The summed E-state index contributed by atoms with van der Waals surface area (Å²) in [5, 5.41) is 1.47. The highest BCUT2D eigenvalue weighted by Crippen LogP contribution is 2.49. The molecule has 1 saturated heterocycles. The van der Waals surface area contributed by atoms with Crippen LogP contribution in [0, 0.1) is 11.7 Å². The van der Waals surface area contributed by atoms with Crippen LogP contribution in [0.2, 0.25) is 0 Å². The lowest BCUT2D eigenvalue weighted by atomic mass is 9.84. The van der Waals surface area contributed by atoms with Crippen LogP contribution in [0.3, 0.4) is 0 Å². The van der Waals surface area contributed by atoms with Crippen molar-refractivity contribution >= 4 is 5.96 Å². The predicted octanol–water partition coefficient (Wildman–Crippen LogP) is 3.42. The van der Waals surface area contributed by atoms with E-state index in [0.29, 0.717) is 35.9 Å². The zero-order chi connectivity index (χ0) is 21.6. The standard InChI is InChI=1S/C23H26FN3O4/c1-27-22(25)26-23(31-27)12-20(15-5-4-10-29-13-15)30-18-9-8-14(11-17(18)23)16-6-3-7-19(28-2)21(16)24/h3,6-9,11,15,20H,4-5,10,12-13H2,1-2H3,(H2,25,26). The number of nitrogens with zero attached hydrogens (tertiary/aromatic N) is 2. The number of fused-ring (bicyclic) bond motifs is 2. The zero-order valence-corrected chi connectivity index (χ0v) is 17.6. The number of halogens is 1. The van der Waals surface area contributed by atoms with E-state index in [2.05, 4.69) is 0 Å². The van der Waals surface area contributed by atoms with Crippen molar-refractivity contribution in [2.45, 2.75) is 31.1 Å². The van der Waals surface area contributed by atoms with Crippen LogP contribution >= 0.6 is 0 Å². The Morgan fingerprint density at radius 2 is 2.16 bits per heavy atom. The van der Waals surface area contributed by atoms with Gasteiger partial charge in [-0.05, 0) is 36.6 Å². The highest BCUT2D eigenvalue weighted by molar-refractivity contribution is 5.79. The van der Waals surface area contributed by atoms with E-state index in [-0.39, 0.29) is 17.8 Å². The fourth-order valence-electron chi connectivity index (χ4n) is 4.65. The average molecular weight is 427 g/mol. The quantitative estimate of drug-likeness (QED) is 0.809. The van der Waals surface area contributed by atoms with Crippen LogP contribution in [0.5, 0.6) is 11.5 Å². The van der Waals surface area contributed by atoms with Crippen molar-refractivity contribution in [2.75, 3.05) is 27.4 Å². The van der Waals surface area contributed by atoms with Gasteiger partial charge < -0.3 is 19.9 Å². The Kier molecular flexibility index (Phi) is 4.98. The topological polar surface area (TPSA) is 78.5 Å². The summed E-state index contributed by atoms with van der Waals surface area (Å²) in [5.74, 6) is 0.989. The third-order valence-electron chi connectivity index (χ3n) is 6.28. The first-order valence-corrected chi connectivity index (χ1v) is 10.5. The molecule has 5 rings (SSSR count). The van der Waals surface area contributed by atoms with E-state index in [1.165, 1.54) is 12.2 Å². The summed E-state index contributed by atoms with van der Waals surface area (Å²) in [6.07, 6.45) is 2.42. The van der Waals surface area contributed by atoms with E-state index in [4.69, 9.17) is 29.8 Å². The maximum absolute atomic E-state index is 14.9. The number of aliphatic imine (C=N–C) groups is 1. The molecule has 0 bridgehead atoms. The number of hydroxylamine groups is 2. The molecule has 1 spiro atoms. The minimum absolute atomic E-state index is 0.116. The lowest BCUT2D eigenvalue weighted by Gasteiger charge is -2.41. The van der Waals surface area contributed by atoms with Gasteiger partial charge in [-0.2, -0.15) is 0 Å². The Labute approximate surface area is 180 Å². The SMILES string of the molecule is COc1cccc(-c2ccc3c(c2)C2(CC(C4CCCOC4)O3)N=C(N)N(C)O2)c1F. The molecule has 164 valence electrons. The van der Waals surface area contributed by atoms with Crippen LogP contribution in [-0.2, 0) is 15.3 Å². The Morgan fingerprint density at radius 3 is 2.87 bits per heavy atom. The van der Waals surface area contributed by atoms with Crippen molar-refractivity contribution in [1.82, 2.24) is 5.06 Å². The van der Waals surface area contributed by atoms with Crippen molar-refractivity contribution in [3.8, 4) is 22.6 Å². The third-order valence-corrected chi connectivity index (χ3v) is 6.28. The highest BCUT2D eigenvalue weighted by Gasteiger charge is 2.50. The number of ether oxygens (including phenoxy) is 3. The van der Waals surface area contributed by atoms with Gasteiger partial charge in [0.15, 0.2) is 11.6 Å². The summed E-state index contributed by atoms with van der Waals surface area (Å²) in [5.41, 5.74) is 6.92. The number of methoxy groups -OCH3 is 1. The number of hydrogen-bond acceptors (Lipinski definition) is 7. The minimum atomic E-state index is -1.01. The minimum Gasteiger partial charge on any atom is -0.494 e. The van der Waals surface area contributed by atoms with Crippen molar-refractivity contribution in [2.24, 2.45) is 16.6 Å². The van der Waals surface area contributed by atoms with Gasteiger partial charge in [0.2, 0.25) is 11.7 Å². The van der Waals surface area contributed by atoms with Crippen LogP contribution < -0.4 is 15.2 Å². The maximum atomic E-state index is 14.9. The molecule has 0 aromatic heterocycles. The number of hydrogen-bond donors (Lipinski definition) is 1. The Morgan fingerprint density at radius 1 is 1.29 bits per heavy atom. The van der Waals surface area contributed by atoms with Gasteiger partial charge in [-0.3, -0.25) is 0 Å². The van der Waals surface area contributed by atoms with E-state index >= 15 is 0 Å². The average Bonchev–Trinajstić information content (AvgIpc) is 3.07. The molecule has 0 aliphatic carbocycles. The molecular formula is C23H26FN3O4. The normalized spacial score (nSPS) is 27.6. The van der Waals surface area contributed by atoms with Crippen LogP contribution in [0.4, 0.5) is 4.39 Å². The lowest BCUT2D eigenvalue weighted by Crippen LogP contribution is -2.44. The highest BCUT2D eigenvalue weighted by atomic mass is 19.1. The fraction of sp³-hybridized carbons (Fsp3) is 0.435. The summed E-state index contributed by atoms with van der Waals surface area (Å²) in [4.78, 5) is 10.9. The van der Waals surface area contributed by atoms with E-state index < -0.39 is 11.5 Å². The Bertz CT molecular complexity index is 1020. The second-order valence-electron chi connectivity index (χ2n) is 8.21. The largest absolute Gasteiger partial charge is 0.494 e. The first kappa shape index (κ1) is 20.1. The smallest absolute Gasteiger partial charge is 0.221 e. The zero-order valence-electron chi connectivity index (χ0n) is 17.6. The van der Waals surface area contributed by atoms with Crippen LogP contribution in [0.15, 0.2) is 41.4 Å². The molecule has 3 atom stereocenters. The number of nitrogens with two attached hydrogens (primary N) is 1. The summed E-state index contributed by atoms with van der Waals surface area (Å²) < 4.78 is 32.1. The van der Waals surface area contributed by atoms with Gasteiger partial charge in [-0.25, -0.2) is 19.3 Å². The second-order valence-corrected chi connectivity index (χ2v) is 8.21. The van der Waals surface area contributed by atoms with Crippen molar-refractivity contribution < 1.29 is 23.4 Å². The number of benzene rings is 2. The maximum Gasteiger partial charge on any atom is 0.221 e. The molecule has 3 heterocycles. The number of guanidine groups is 1. The lowest BCUT2D eigenvalue weighted by molar-refractivity contribution is -0.196. The van der Waals surface area contributed by atoms with E-state index in [1.54, 1.807) is 25.2 Å². The Balaban J connectivity index is 1.59. The van der Waals surface area contributed by atoms with Gasteiger partial charge >= 0.3 is 0 Å². The molecule has 3 unspecified atom stereocenters. The van der Waals surface area contributed by atoms with E-state index in [1.807, 2.05) is 18.2 Å². The van der Waals surface area contributed by atoms with Crippen molar-refractivity contribution in [3.63, 3.8) is 0 Å². The van der Waals surface area contributed by atoms with Gasteiger partial charge in [0.25, 0.3) is 0 Å². The molecule has 7 nitrogen and oxygen atoms in total. The molecule has 3 aliphatic heterocycles. The monoisotopic (exact) mass is 427 g/mol. The summed E-state index contributed by atoms with van der Waals surface area (Å²) >= 11 is 0. The number of rotatable bonds is 3. The molecule has 0 saturated carbocycles. The molecule has 2 N–H and O–H groups in total. The van der Waals surface area contributed by atoms with Gasteiger partial charge in [-0.1, -0.05) is 18.2 Å². The first-order valence-electron chi connectivity index (χ1n) is 10.5. The molecule has 2 aromatic rings. The van der Waals surface area contributed by atoms with E-state index in [0.717, 1.165) is 25.0 Å². The van der Waals surface area contributed by atoms with Crippen LogP contribution in [-0.4, -0.2) is 44.5 Å². The molecule has 0 amide bonds. The van der Waals surface area contributed by atoms with E-state index in [9.17, 15) is 4.39 Å². The Hall–Kier alpha value is -2.84. The molecule has 0 radical (unpaired) electrons. The molecule has 31 heavy (non-hydrogen) atoms. The summed E-state index contributed by atoms with van der Waals surface area (Å²) in [7, 11) is 3.18. The molecular weight excluding hydrogens is 401 g/mol. The molecule has 1 fully saturated rings. The van der Waals surface area contributed by atoms with Gasteiger partial charge in [0.05, 0.1) is 19.3 Å². The molecule has 2 aromatic carbocycles. The van der Waals surface area contributed by atoms with Crippen molar-refractivity contribution in [3.05, 3.63) is 47.8 Å². The summed E-state index contributed by atoms with van der Waals surface area (Å²) in [6, 6.07) is 10.6. The first-order chi connectivity index (χ1) is 15.0. The van der Waals surface area contributed by atoms with Gasteiger partial charge in [-0.15, -0.1) is 0 Å². The summed E-state index contributed by atoms with van der Waals surface area (Å²) in [6.45, 7) is 1.43. The van der Waals surface area contributed by atoms with Gasteiger partial charge in [0.1, 0.15) is 11.9 Å².